The summed E-state index contributed by atoms with van der Waals surface area (Å²) in [6, 6.07) is 8.24. The van der Waals surface area contributed by atoms with Crippen molar-refractivity contribution in [2.45, 2.75) is 45.6 Å². The van der Waals surface area contributed by atoms with Gasteiger partial charge in [0.2, 0.25) is 0 Å². The van der Waals surface area contributed by atoms with Crippen LogP contribution in [0.4, 0.5) is 4.39 Å². The van der Waals surface area contributed by atoms with Gasteiger partial charge < -0.3 is 4.57 Å². The van der Waals surface area contributed by atoms with Gasteiger partial charge in [0.25, 0.3) is 5.56 Å². The Labute approximate surface area is 173 Å². The lowest BCUT2D eigenvalue weighted by Crippen LogP contribution is -2.21. The first-order valence-corrected chi connectivity index (χ1v) is 10.4. The maximum absolute atomic E-state index is 13.3. The molecule has 0 spiro atoms. The number of rotatable bonds is 4. The van der Waals surface area contributed by atoms with Crippen LogP contribution in [-0.2, 0) is 6.54 Å². The molecule has 3 aromatic heterocycles. The van der Waals surface area contributed by atoms with Crippen molar-refractivity contribution in [3.05, 3.63) is 76.2 Å². The molecule has 1 aromatic carbocycles. The first kappa shape index (κ1) is 18.7. The van der Waals surface area contributed by atoms with Crippen LogP contribution in [0, 0.1) is 12.7 Å². The molecule has 6 heteroatoms. The minimum absolute atomic E-state index is 0.0465. The van der Waals surface area contributed by atoms with E-state index in [1.54, 1.807) is 27.4 Å². The second-order valence-electron chi connectivity index (χ2n) is 7.93. The summed E-state index contributed by atoms with van der Waals surface area (Å²) < 4.78 is 16.8. The second-order valence-corrected chi connectivity index (χ2v) is 7.93. The monoisotopic (exact) mass is 402 g/mol. The number of hydrogen-bond acceptors (Lipinski definition) is 3. The fourth-order valence-corrected chi connectivity index (χ4v) is 4.34. The second kappa shape index (κ2) is 7.52. The Kier molecular flexibility index (Phi) is 4.69. The average Bonchev–Trinajstić information content (AvgIpc) is 3.11. The van der Waals surface area contributed by atoms with Crippen LogP contribution < -0.4 is 5.56 Å². The van der Waals surface area contributed by atoms with Crippen LogP contribution in [0.2, 0.25) is 0 Å². The van der Waals surface area contributed by atoms with Crippen LogP contribution in [0.5, 0.6) is 0 Å². The van der Waals surface area contributed by atoms with Crippen LogP contribution in [0.25, 0.3) is 27.7 Å². The van der Waals surface area contributed by atoms with Crippen molar-refractivity contribution in [3.63, 3.8) is 0 Å². The Bertz CT molecular complexity index is 1330. The van der Waals surface area contributed by atoms with E-state index in [0.717, 1.165) is 41.6 Å². The number of aryl methyl sites for hydroxylation is 2. The molecule has 0 atom stereocenters. The van der Waals surface area contributed by atoms with Crippen molar-refractivity contribution in [1.29, 1.82) is 0 Å². The molecule has 0 fully saturated rings. The summed E-state index contributed by atoms with van der Waals surface area (Å²) in [6.07, 6.45) is 11.5. The van der Waals surface area contributed by atoms with Gasteiger partial charge in [0.15, 0.2) is 5.65 Å². The van der Waals surface area contributed by atoms with E-state index in [1.165, 1.54) is 30.5 Å². The van der Waals surface area contributed by atoms with Crippen molar-refractivity contribution >= 4 is 16.6 Å². The molecule has 0 bridgehead atoms. The molecule has 0 saturated heterocycles. The molecular formula is C24H23FN4O. The van der Waals surface area contributed by atoms with Gasteiger partial charge in [-0.05, 0) is 62.8 Å². The van der Waals surface area contributed by atoms with E-state index < -0.39 is 0 Å². The van der Waals surface area contributed by atoms with Crippen molar-refractivity contribution in [2.75, 3.05) is 0 Å². The number of nitrogens with zero attached hydrogens (tertiary/aromatic N) is 4. The van der Waals surface area contributed by atoms with Gasteiger partial charge in [0.05, 0.1) is 16.6 Å². The lowest BCUT2D eigenvalue weighted by Gasteiger charge is -2.13. The van der Waals surface area contributed by atoms with Gasteiger partial charge in [-0.1, -0.05) is 23.8 Å². The third-order valence-electron chi connectivity index (χ3n) is 5.95. The topological polar surface area (TPSA) is 52.2 Å². The molecule has 5 rings (SSSR count). The highest BCUT2D eigenvalue weighted by atomic mass is 19.1. The van der Waals surface area contributed by atoms with Crippen LogP contribution in [0.3, 0.4) is 0 Å². The minimum Gasteiger partial charge on any atom is -0.315 e. The highest BCUT2D eigenvalue weighted by Crippen LogP contribution is 2.28. The molecule has 0 saturated carbocycles. The number of fused-ring (bicyclic) bond motifs is 3. The Balaban J connectivity index is 1.56. The molecule has 5 nitrogen and oxygen atoms in total. The summed E-state index contributed by atoms with van der Waals surface area (Å²) in [5.41, 5.74) is 5.29. The first-order chi connectivity index (χ1) is 14.6. The highest BCUT2D eigenvalue weighted by Gasteiger charge is 2.16. The number of halogens is 1. The van der Waals surface area contributed by atoms with Gasteiger partial charge in [-0.15, -0.1) is 0 Å². The molecule has 0 unspecified atom stereocenters. The smallest absolute Gasteiger partial charge is 0.261 e. The molecule has 0 N–H and O–H groups in total. The number of benzene rings is 1. The van der Waals surface area contributed by atoms with E-state index in [2.05, 4.69) is 16.2 Å². The van der Waals surface area contributed by atoms with Crippen LogP contribution in [0.1, 0.15) is 37.8 Å². The zero-order chi connectivity index (χ0) is 20.7. The standard InChI is InChI=1S/C24H23FN4O/c1-16-22(18-7-9-19(25)10-8-18)23-26-15-20-21(29(23)27-16)12-14-28(24(20)30)13-11-17-5-3-2-4-6-17/h5,7-10,12,14-15H,2-4,6,11,13H2,1H3. The number of hydrogen-bond donors (Lipinski definition) is 0. The molecule has 0 aliphatic heterocycles. The van der Waals surface area contributed by atoms with Crippen molar-refractivity contribution in [2.24, 2.45) is 0 Å². The van der Waals surface area contributed by atoms with Gasteiger partial charge >= 0.3 is 0 Å². The summed E-state index contributed by atoms with van der Waals surface area (Å²) in [6.45, 7) is 2.58. The quantitative estimate of drug-likeness (QED) is 0.449. The molecule has 0 radical (unpaired) electrons. The zero-order valence-corrected chi connectivity index (χ0v) is 16.9. The molecule has 152 valence electrons. The molecular weight excluding hydrogens is 379 g/mol. The summed E-state index contributed by atoms with van der Waals surface area (Å²) in [5, 5.41) is 5.19. The van der Waals surface area contributed by atoms with E-state index in [0.29, 0.717) is 17.6 Å². The summed E-state index contributed by atoms with van der Waals surface area (Å²) in [5.74, 6) is -0.282. The summed E-state index contributed by atoms with van der Waals surface area (Å²) >= 11 is 0. The molecule has 0 amide bonds. The molecule has 3 heterocycles. The van der Waals surface area contributed by atoms with Gasteiger partial charge in [0, 0.05) is 24.5 Å². The molecule has 4 aromatic rings. The Morgan fingerprint density at radius 1 is 1.13 bits per heavy atom. The fraction of sp³-hybridized carbons (Fsp3) is 0.292. The summed E-state index contributed by atoms with van der Waals surface area (Å²) in [7, 11) is 0. The molecule has 1 aliphatic rings. The SMILES string of the molecule is Cc1nn2c(ncc3c(=O)n(CCC4=CCCCC4)ccc32)c1-c1ccc(F)cc1. The van der Waals surface area contributed by atoms with Gasteiger partial charge in [-0.3, -0.25) is 4.79 Å². The first-order valence-electron chi connectivity index (χ1n) is 10.4. The van der Waals surface area contributed by atoms with E-state index in [-0.39, 0.29) is 11.4 Å². The maximum Gasteiger partial charge on any atom is 0.261 e. The van der Waals surface area contributed by atoms with E-state index in [4.69, 9.17) is 0 Å². The normalized spacial score (nSPS) is 14.4. The highest BCUT2D eigenvalue weighted by molar-refractivity contribution is 5.86. The van der Waals surface area contributed by atoms with Gasteiger partial charge in [0.1, 0.15) is 5.82 Å². The third kappa shape index (κ3) is 3.22. The fourth-order valence-electron chi connectivity index (χ4n) is 4.34. The van der Waals surface area contributed by atoms with E-state index >= 15 is 0 Å². The Morgan fingerprint density at radius 3 is 2.73 bits per heavy atom. The Morgan fingerprint density at radius 2 is 1.97 bits per heavy atom. The summed E-state index contributed by atoms with van der Waals surface area (Å²) in [4.78, 5) is 17.6. The largest absolute Gasteiger partial charge is 0.315 e. The van der Waals surface area contributed by atoms with Crippen molar-refractivity contribution in [1.82, 2.24) is 19.2 Å². The third-order valence-corrected chi connectivity index (χ3v) is 5.95. The van der Waals surface area contributed by atoms with Crippen LogP contribution in [-0.4, -0.2) is 19.2 Å². The van der Waals surface area contributed by atoms with Crippen molar-refractivity contribution < 1.29 is 4.39 Å². The predicted octanol–water partition coefficient (Wildman–Crippen LogP) is 5.05. The maximum atomic E-state index is 13.3. The van der Waals surface area contributed by atoms with Gasteiger partial charge in [-0.25, -0.2) is 13.9 Å². The lowest BCUT2D eigenvalue weighted by atomic mass is 9.97. The average molecular weight is 402 g/mol. The number of allylic oxidation sites excluding steroid dienone is 2. The van der Waals surface area contributed by atoms with Crippen LogP contribution in [0.15, 0.2) is 59.2 Å². The molecule has 30 heavy (non-hydrogen) atoms. The molecule has 1 aliphatic carbocycles. The number of aromatic nitrogens is 4. The zero-order valence-electron chi connectivity index (χ0n) is 16.9. The van der Waals surface area contributed by atoms with Gasteiger partial charge in [-0.2, -0.15) is 5.10 Å². The minimum atomic E-state index is -0.282. The van der Waals surface area contributed by atoms with Crippen LogP contribution >= 0.6 is 0 Å². The predicted molar refractivity (Wildman–Crippen MR) is 116 cm³/mol. The van der Waals surface area contributed by atoms with Crippen molar-refractivity contribution in [3.8, 4) is 11.1 Å². The Hall–Kier alpha value is -3.28. The van der Waals surface area contributed by atoms with E-state index in [1.807, 2.05) is 19.2 Å². The van der Waals surface area contributed by atoms with E-state index in [9.17, 15) is 9.18 Å². The number of pyridine rings is 1. The lowest BCUT2D eigenvalue weighted by molar-refractivity contribution is 0.616.